The van der Waals surface area contributed by atoms with Crippen LogP contribution in [0.1, 0.15) is 25.7 Å². The number of aliphatic carboxylic acids is 1. The number of nitrogens with zero attached hydrogens (tertiary/aromatic N) is 1. The molecule has 1 aliphatic rings. The first kappa shape index (κ1) is 10.7. The van der Waals surface area contributed by atoms with Crippen LogP contribution in [0.5, 0.6) is 0 Å². The third-order valence-electron chi connectivity index (χ3n) is 3.11. The van der Waals surface area contributed by atoms with Crippen molar-refractivity contribution in [3.05, 3.63) is 33.1 Å². The van der Waals surface area contributed by atoms with E-state index in [1.165, 1.54) is 12.3 Å². The molecule has 0 saturated heterocycles. The van der Waals surface area contributed by atoms with Crippen molar-refractivity contribution >= 4 is 5.97 Å². The van der Waals surface area contributed by atoms with Crippen molar-refractivity contribution in [3.8, 4) is 0 Å². The Morgan fingerprint density at radius 1 is 1.38 bits per heavy atom. The van der Waals surface area contributed by atoms with Gasteiger partial charge in [-0.2, -0.15) is 0 Å². The predicted octanol–water partition coefficient (Wildman–Crippen LogP) is -0.110. The Hall–Kier alpha value is -1.85. The molecule has 6 heteroatoms. The van der Waals surface area contributed by atoms with E-state index < -0.39 is 22.8 Å². The van der Waals surface area contributed by atoms with Gasteiger partial charge in [-0.3, -0.25) is 14.3 Å². The summed E-state index contributed by atoms with van der Waals surface area (Å²) in [6, 6.07) is 1.17. The smallest absolute Gasteiger partial charge is 0.330 e. The molecule has 0 bridgehead atoms. The van der Waals surface area contributed by atoms with Crippen molar-refractivity contribution in [2.45, 2.75) is 31.2 Å². The third-order valence-corrected chi connectivity index (χ3v) is 3.11. The Morgan fingerprint density at radius 3 is 2.50 bits per heavy atom. The van der Waals surface area contributed by atoms with E-state index in [0.717, 1.165) is 17.4 Å². The van der Waals surface area contributed by atoms with E-state index in [-0.39, 0.29) is 0 Å². The molecule has 0 atom stereocenters. The van der Waals surface area contributed by atoms with Crippen LogP contribution >= 0.6 is 0 Å². The monoisotopic (exact) mass is 224 g/mol. The Kier molecular flexibility index (Phi) is 2.41. The fraction of sp³-hybridized carbons (Fsp3) is 0.500. The minimum absolute atomic E-state index is 0.425. The fourth-order valence-electron chi connectivity index (χ4n) is 2.27. The molecule has 1 saturated carbocycles. The van der Waals surface area contributed by atoms with Crippen LogP contribution in [0.3, 0.4) is 0 Å². The highest BCUT2D eigenvalue weighted by atomic mass is 16.4. The summed E-state index contributed by atoms with van der Waals surface area (Å²) in [5.74, 6) is -1.01. The number of nitrogens with one attached hydrogen (secondary N) is 1. The lowest BCUT2D eigenvalue weighted by molar-refractivity contribution is -0.147. The van der Waals surface area contributed by atoms with Crippen LogP contribution in [0.25, 0.3) is 0 Å². The number of hydrogen-bond donors (Lipinski definition) is 2. The zero-order valence-corrected chi connectivity index (χ0v) is 8.60. The molecule has 0 amide bonds. The van der Waals surface area contributed by atoms with Crippen LogP contribution in [-0.4, -0.2) is 20.6 Å². The minimum Gasteiger partial charge on any atom is -0.479 e. The van der Waals surface area contributed by atoms with Gasteiger partial charge in [-0.1, -0.05) is 12.8 Å². The van der Waals surface area contributed by atoms with Crippen molar-refractivity contribution < 1.29 is 9.90 Å². The number of carboxylic acid groups (broad SMARTS) is 1. The van der Waals surface area contributed by atoms with Crippen LogP contribution in [0.2, 0.25) is 0 Å². The van der Waals surface area contributed by atoms with E-state index >= 15 is 0 Å². The summed E-state index contributed by atoms with van der Waals surface area (Å²) in [5, 5.41) is 9.26. The lowest BCUT2D eigenvalue weighted by atomic mass is 9.97. The molecule has 6 nitrogen and oxygen atoms in total. The zero-order chi connectivity index (χ0) is 11.8. The molecule has 1 fully saturated rings. The van der Waals surface area contributed by atoms with Gasteiger partial charge in [-0.25, -0.2) is 9.59 Å². The van der Waals surface area contributed by atoms with Crippen LogP contribution in [0, 0.1) is 0 Å². The maximum Gasteiger partial charge on any atom is 0.330 e. The van der Waals surface area contributed by atoms with Crippen LogP contribution < -0.4 is 11.2 Å². The van der Waals surface area contributed by atoms with Crippen molar-refractivity contribution in [1.29, 1.82) is 0 Å². The van der Waals surface area contributed by atoms with E-state index in [9.17, 15) is 19.5 Å². The molecule has 0 aliphatic heterocycles. The van der Waals surface area contributed by atoms with Gasteiger partial charge in [-0.05, 0) is 12.8 Å². The predicted molar refractivity (Wildman–Crippen MR) is 55.4 cm³/mol. The topological polar surface area (TPSA) is 92.2 Å². The molecule has 1 aromatic rings. The summed E-state index contributed by atoms with van der Waals surface area (Å²) in [6.45, 7) is 0. The molecule has 0 radical (unpaired) electrons. The molecule has 2 N–H and O–H groups in total. The Balaban J connectivity index is 2.60. The molecule has 1 aliphatic carbocycles. The minimum atomic E-state index is -1.18. The summed E-state index contributed by atoms with van der Waals surface area (Å²) in [6.07, 6.45) is 3.67. The van der Waals surface area contributed by atoms with Crippen molar-refractivity contribution in [2.75, 3.05) is 0 Å². The summed E-state index contributed by atoms with van der Waals surface area (Å²) < 4.78 is 1.13. The number of carbonyl (C=O) groups is 1. The molecule has 0 spiro atoms. The number of H-pyrrole nitrogens is 1. The Morgan fingerprint density at radius 2 is 2.00 bits per heavy atom. The number of aromatic nitrogens is 2. The van der Waals surface area contributed by atoms with E-state index in [0.29, 0.717) is 12.8 Å². The third kappa shape index (κ3) is 1.46. The largest absolute Gasteiger partial charge is 0.479 e. The summed E-state index contributed by atoms with van der Waals surface area (Å²) in [5.41, 5.74) is -2.35. The molecule has 2 rings (SSSR count). The molecule has 86 valence electrons. The summed E-state index contributed by atoms with van der Waals surface area (Å²) in [7, 11) is 0. The van der Waals surface area contributed by atoms with Gasteiger partial charge in [0.25, 0.3) is 5.56 Å². The Bertz CT molecular complexity index is 522. The van der Waals surface area contributed by atoms with Gasteiger partial charge in [0.2, 0.25) is 0 Å². The van der Waals surface area contributed by atoms with E-state index in [1.54, 1.807) is 0 Å². The molecule has 1 heterocycles. The fourth-order valence-corrected chi connectivity index (χ4v) is 2.27. The second-order valence-corrected chi connectivity index (χ2v) is 4.02. The Labute approximate surface area is 90.5 Å². The van der Waals surface area contributed by atoms with Gasteiger partial charge >= 0.3 is 11.7 Å². The van der Waals surface area contributed by atoms with Crippen LogP contribution in [-0.2, 0) is 10.3 Å². The molecule has 0 unspecified atom stereocenters. The second kappa shape index (κ2) is 3.62. The summed E-state index contributed by atoms with van der Waals surface area (Å²) in [4.78, 5) is 35.9. The first-order chi connectivity index (χ1) is 7.56. The lowest BCUT2D eigenvalue weighted by Crippen LogP contribution is -2.47. The van der Waals surface area contributed by atoms with Gasteiger partial charge in [0, 0.05) is 12.3 Å². The van der Waals surface area contributed by atoms with Gasteiger partial charge in [0.1, 0.15) is 5.54 Å². The number of rotatable bonds is 2. The van der Waals surface area contributed by atoms with Crippen LogP contribution in [0.4, 0.5) is 0 Å². The van der Waals surface area contributed by atoms with Gasteiger partial charge < -0.3 is 5.11 Å². The maximum atomic E-state index is 11.6. The normalized spacial score (nSPS) is 18.5. The molecule has 16 heavy (non-hydrogen) atoms. The van der Waals surface area contributed by atoms with Crippen molar-refractivity contribution in [1.82, 2.24) is 9.55 Å². The van der Waals surface area contributed by atoms with E-state index in [4.69, 9.17) is 0 Å². The number of carboxylic acids is 1. The number of hydrogen-bond acceptors (Lipinski definition) is 3. The van der Waals surface area contributed by atoms with Crippen molar-refractivity contribution in [2.24, 2.45) is 0 Å². The van der Waals surface area contributed by atoms with E-state index in [2.05, 4.69) is 4.98 Å². The second-order valence-electron chi connectivity index (χ2n) is 4.02. The van der Waals surface area contributed by atoms with Crippen LogP contribution in [0.15, 0.2) is 21.9 Å². The van der Waals surface area contributed by atoms with Crippen molar-refractivity contribution in [3.63, 3.8) is 0 Å². The average Bonchev–Trinajstić information content (AvgIpc) is 2.67. The first-order valence-electron chi connectivity index (χ1n) is 5.12. The van der Waals surface area contributed by atoms with Gasteiger partial charge in [-0.15, -0.1) is 0 Å². The quantitative estimate of drug-likeness (QED) is 0.733. The molecular weight excluding hydrogens is 212 g/mol. The van der Waals surface area contributed by atoms with Gasteiger partial charge in [0.15, 0.2) is 0 Å². The first-order valence-corrected chi connectivity index (χ1v) is 5.12. The highest BCUT2D eigenvalue weighted by Gasteiger charge is 2.43. The molecular formula is C10H12N2O4. The zero-order valence-electron chi connectivity index (χ0n) is 8.60. The van der Waals surface area contributed by atoms with E-state index in [1.807, 2.05) is 0 Å². The highest BCUT2D eigenvalue weighted by Crippen LogP contribution is 2.35. The SMILES string of the molecule is O=C(O)C1(n2ccc(=O)[nH]c2=O)CCCC1. The lowest BCUT2D eigenvalue weighted by Gasteiger charge is -2.25. The summed E-state index contributed by atoms with van der Waals surface area (Å²) >= 11 is 0. The molecule has 1 aromatic heterocycles. The standard InChI is InChI=1S/C10H12N2O4/c13-7-3-6-12(9(16)11-7)10(8(14)15)4-1-2-5-10/h3,6H,1-2,4-5H2,(H,14,15)(H,11,13,16). The highest BCUT2D eigenvalue weighted by molar-refractivity contribution is 5.77. The average molecular weight is 224 g/mol. The number of aromatic amines is 1. The van der Waals surface area contributed by atoms with Gasteiger partial charge in [0.05, 0.1) is 0 Å². The molecule has 0 aromatic carbocycles. The maximum absolute atomic E-state index is 11.6.